The second-order valence-electron chi connectivity index (χ2n) is 5.71. The van der Waals surface area contributed by atoms with Crippen molar-refractivity contribution in [3.63, 3.8) is 0 Å². The maximum atomic E-state index is 5.65. The van der Waals surface area contributed by atoms with Crippen molar-refractivity contribution >= 4 is 5.96 Å². The number of rotatable bonds is 10. The van der Waals surface area contributed by atoms with E-state index in [-0.39, 0.29) is 0 Å². The average Bonchev–Trinajstić information content (AvgIpc) is 2.63. The van der Waals surface area contributed by atoms with Gasteiger partial charge >= 0.3 is 0 Å². The molecule has 6 nitrogen and oxygen atoms in total. The van der Waals surface area contributed by atoms with E-state index in [4.69, 9.17) is 19.2 Å². The number of unbranched alkanes of at least 4 members (excludes halogenated alkanes) is 1. The van der Waals surface area contributed by atoms with Crippen molar-refractivity contribution in [2.75, 3.05) is 41.0 Å². The maximum Gasteiger partial charge on any atom is 0.203 e. The Morgan fingerprint density at radius 2 is 1.76 bits per heavy atom. The van der Waals surface area contributed by atoms with Crippen molar-refractivity contribution in [2.24, 2.45) is 4.99 Å². The zero-order valence-corrected chi connectivity index (χ0v) is 16.5. The van der Waals surface area contributed by atoms with Crippen LogP contribution in [0.1, 0.15) is 39.2 Å². The molecule has 142 valence electrons. The summed E-state index contributed by atoms with van der Waals surface area (Å²) in [6.45, 7) is 9.12. The third-order valence-electron chi connectivity index (χ3n) is 3.76. The van der Waals surface area contributed by atoms with Crippen molar-refractivity contribution < 1.29 is 14.2 Å². The lowest BCUT2D eigenvalue weighted by molar-refractivity contribution is 0.288. The minimum atomic E-state index is 0.540. The van der Waals surface area contributed by atoms with Gasteiger partial charge in [-0.25, -0.2) is 4.99 Å². The fourth-order valence-corrected chi connectivity index (χ4v) is 2.45. The molecule has 0 aliphatic heterocycles. The lowest BCUT2D eigenvalue weighted by Crippen LogP contribution is -2.39. The third-order valence-corrected chi connectivity index (χ3v) is 3.76. The number of hydrogen-bond acceptors (Lipinski definition) is 4. The number of ether oxygens (including phenoxy) is 3. The third kappa shape index (κ3) is 6.36. The van der Waals surface area contributed by atoms with Gasteiger partial charge in [0, 0.05) is 20.1 Å². The SMILES string of the molecule is CCCCN(C)C(=NCc1cc(OC)c(OCC)c(OC)c1)NCC. The van der Waals surface area contributed by atoms with E-state index in [0.29, 0.717) is 30.4 Å². The van der Waals surface area contributed by atoms with Gasteiger partial charge < -0.3 is 24.4 Å². The molecule has 1 rings (SSSR count). The standard InChI is InChI=1S/C19H33N3O3/c1-7-10-11-22(4)19(20-8-2)21-14-15-12-16(23-5)18(25-9-3)17(13-15)24-6/h12-13H,7-11,14H2,1-6H3,(H,20,21). The van der Waals surface area contributed by atoms with Crippen LogP contribution in [-0.2, 0) is 6.54 Å². The molecule has 1 N–H and O–H groups in total. The highest BCUT2D eigenvalue weighted by Crippen LogP contribution is 2.38. The summed E-state index contributed by atoms with van der Waals surface area (Å²) < 4.78 is 16.6. The highest BCUT2D eigenvalue weighted by atomic mass is 16.5. The summed E-state index contributed by atoms with van der Waals surface area (Å²) in [6.07, 6.45) is 2.31. The Bertz CT molecular complexity index is 522. The van der Waals surface area contributed by atoms with Crippen LogP contribution in [0.15, 0.2) is 17.1 Å². The molecule has 0 radical (unpaired) electrons. The van der Waals surface area contributed by atoms with Crippen LogP contribution < -0.4 is 19.5 Å². The van der Waals surface area contributed by atoms with Crippen LogP contribution in [0.4, 0.5) is 0 Å². The van der Waals surface area contributed by atoms with Gasteiger partial charge in [0.25, 0.3) is 0 Å². The minimum absolute atomic E-state index is 0.540. The number of guanidine groups is 1. The molecule has 0 aliphatic rings. The molecule has 6 heteroatoms. The van der Waals surface area contributed by atoms with Crippen LogP contribution in [0.3, 0.4) is 0 Å². The van der Waals surface area contributed by atoms with Crippen LogP contribution in [0, 0.1) is 0 Å². The molecule has 0 atom stereocenters. The van der Waals surface area contributed by atoms with E-state index in [1.54, 1.807) is 14.2 Å². The van der Waals surface area contributed by atoms with Crippen LogP contribution >= 0.6 is 0 Å². The Morgan fingerprint density at radius 1 is 1.12 bits per heavy atom. The Balaban J connectivity index is 3.02. The molecule has 0 aliphatic carbocycles. The predicted octanol–water partition coefficient (Wildman–Crippen LogP) is 3.30. The first-order chi connectivity index (χ1) is 12.1. The maximum absolute atomic E-state index is 5.65. The quantitative estimate of drug-likeness (QED) is 0.518. The molecule has 0 spiro atoms. The van der Waals surface area contributed by atoms with E-state index in [0.717, 1.165) is 37.5 Å². The summed E-state index contributed by atoms with van der Waals surface area (Å²) in [5.41, 5.74) is 1.01. The van der Waals surface area contributed by atoms with Gasteiger partial charge in [0.2, 0.25) is 5.75 Å². The van der Waals surface area contributed by atoms with Gasteiger partial charge in [-0.3, -0.25) is 0 Å². The number of nitrogens with zero attached hydrogens (tertiary/aromatic N) is 2. The number of nitrogens with one attached hydrogen (secondary N) is 1. The summed E-state index contributed by atoms with van der Waals surface area (Å²) in [6, 6.07) is 3.90. The van der Waals surface area contributed by atoms with Gasteiger partial charge in [0.1, 0.15) is 0 Å². The average molecular weight is 351 g/mol. The molecule has 25 heavy (non-hydrogen) atoms. The van der Waals surface area contributed by atoms with E-state index in [1.165, 1.54) is 0 Å². The number of benzene rings is 1. The van der Waals surface area contributed by atoms with Crippen LogP contribution in [0.25, 0.3) is 0 Å². The van der Waals surface area contributed by atoms with Crippen LogP contribution in [0.5, 0.6) is 17.2 Å². The number of methoxy groups -OCH3 is 2. The van der Waals surface area contributed by atoms with Gasteiger partial charge in [-0.1, -0.05) is 13.3 Å². The molecule has 1 aromatic carbocycles. The Labute approximate surface area is 152 Å². The van der Waals surface area contributed by atoms with Crippen molar-refractivity contribution in [1.82, 2.24) is 10.2 Å². The van der Waals surface area contributed by atoms with E-state index in [2.05, 4.69) is 31.1 Å². The van der Waals surface area contributed by atoms with Gasteiger partial charge in [-0.15, -0.1) is 0 Å². The molecule has 0 unspecified atom stereocenters. The molecule has 0 fully saturated rings. The first kappa shape index (κ1) is 20.9. The molecule has 0 saturated carbocycles. The first-order valence-electron chi connectivity index (χ1n) is 8.98. The van der Waals surface area contributed by atoms with Gasteiger partial charge in [-0.05, 0) is 38.0 Å². The molecule has 0 aromatic heterocycles. The number of aliphatic imine (C=N–C) groups is 1. The topological polar surface area (TPSA) is 55.3 Å². The molecular formula is C19H33N3O3. The second kappa shape index (κ2) is 11.4. The van der Waals surface area contributed by atoms with E-state index < -0.39 is 0 Å². The largest absolute Gasteiger partial charge is 0.493 e. The van der Waals surface area contributed by atoms with Gasteiger partial charge in [0.15, 0.2) is 17.5 Å². The highest BCUT2D eigenvalue weighted by molar-refractivity contribution is 5.79. The Hall–Kier alpha value is -2.11. The summed E-state index contributed by atoms with van der Waals surface area (Å²) in [5.74, 6) is 2.86. The number of hydrogen-bond donors (Lipinski definition) is 1. The highest BCUT2D eigenvalue weighted by Gasteiger charge is 2.14. The molecule has 0 saturated heterocycles. The lowest BCUT2D eigenvalue weighted by atomic mass is 10.2. The molecule has 1 aromatic rings. The molecular weight excluding hydrogens is 318 g/mol. The van der Waals surface area contributed by atoms with Crippen molar-refractivity contribution in [1.29, 1.82) is 0 Å². The summed E-state index contributed by atoms with van der Waals surface area (Å²) in [5, 5.41) is 3.34. The fourth-order valence-electron chi connectivity index (χ4n) is 2.45. The Kier molecular flexibility index (Phi) is 9.58. The van der Waals surface area contributed by atoms with Crippen molar-refractivity contribution in [3.05, 3.63) is 17.7 Å². The van der Waals surface area contributed by atoms with Gasteiger partial charge in [-0.2, -0.15) is 0 Å². The minimum Gasteiger partial charge on any atom is -0.493 e. The fraction of sp³-hybridized carbons (Fsp3) is 0.632. The zero-order chi connectivity index (χ0) is 18.7. The molecule has 0 amide bonds. The first-order valence-corrected chi connectivity index (χ1v) is 8.98. The molecule has 0 heterocycles. The normalized spacial score (nSPS) is 11.2. The van der Waals surface area contributed by atoms with E-state index >= 15 is 0 Å². The van der Waals surface area contributed by atoms with Crippen LogP contribution in [-0.4, -0.2) is 51.8 Å². The monoisotopic (exact) mass is 351 g/mol. The Morgan fingerprint density at radius 3 is 2.24 bits per heavy atom. The smallest absolute Gasteiger partial charge is 0.203 e. The second-order valence-corrected chi connectivity index (χ2v) is 5.71. The van der Waals surface area contributed by atoms with E-state index in [1.807, 2.05) is 19.1 Å². The zero-order valence-electron chi connectivity index (χ0n) is 16.5. The summed E-state index contributed by atoms with van der Waals surface area (Å²) in [4.78, 5) is 6.91. The van der Waals surface area contributed by atoms with Gasteiger partial charge in [0.05, 0.1) is 27.4 Å². The molecule has 0 bridgehead atoms. The summed E-state index contributed by atoms with van der Waals surface area (Å²) in [7, 11) is 5.33. The van der Waals surface area contributed by atoms with Crippen molar-refractivity contribution in [3.8, 4) is 17.2 Å². The summed E-state index contributed by atoms with van der Waals surface area (Å²) >= 11 is 0. The van der Waals surface area contributed by atoms with E-state index in [9.17, 15) is 0 Å². The van der Waals surface area contributed by atoms with Crippen molar-refractivity contribution in [2.45, 2.75) is 40.2 Å². The predicted molar refractivity (Wildman–Crippen MR) is 103 cm³/mol. The lowest BCUT2D eigenvalue weighted by Gasteiger charge is -2.22. The van der Waals surface area contributed by atoms with Crippen LogP contribution in [0.2, 0.25) is 0 Å².